The Labute approximate surface area is 141 Å². The standard InChI is InChI=1S/C15H25ClN2.C2H6.CH3F/c1-3-15(9-10-17-4-2)18-11-8-13-6-5-7-14(16)12-13;2*1-2/h5-7,12,15,17-18H,3-4,8-11H2,1-2H3;1-2H3;1H3. The summed E-state index contributed by atoms with van der Waals surface area (Å²) in [5.74, 6) is 0. The Hall–Kier alpha value is -0.640. The van der Waals surface area contributed by atoms with E-state index in [1.165, 1.54) is 18.4 Å². The number of hydrogen-bond donors (Lipinski definition) is 2. The molecule has 1 aromatic carbocycles. The zero-order valence-corrected chi connectivity index (χ0v) is 15.6. The Kier molecular flexibility index (Phi) is 19.8. The number of hydrogen-bond acceptors (Lipinski definition) is 2. The summed E-state index contributed by atoms with van der Waals surface area (Å²) in [5, 5.41) is 7.81. The van der Waals surface area contributed by atoms with Crippen LogP contribution in [0, 0.1) is 0 Å². The molecule has 130 valence electrons. The maximum Gasteiger partial charge on any atom is 0.0785 e. The quantitative estimate of drug-likeness (QED) is 0.631. The summed E-state index contributed by atoms with van der Waals surface area (Å²) in [6.07, 6.45) is 3.42. The Bertz CT molecular complexity index is 335. The fourth-order valence-corrected chi connectivity index (χ4v) is 2.23. The molecule has 0 radical (unpaired) electrons. The first kappa shape index (κ1) is 23.6. The molecule has 1 aromatic rings. The third-order valence-electron chi connectivity index (χ3n) is 3.15. The van der Waals surface area contributed by atoms with Crippen LogP contribution in [0.5, 0.6) is 0 Å². The normalized spacial score (nSPS) is 10.9. The second-order valence-corrected chi connectivity index (χ2v) is 5.02. The van der Waals surface area contributed by atoms with Gasteiger partial charge in [0.1, 0.15) is 0 Å². The van der Waals surface area contributed by atoms with Gasteiger partial charge in [-0.25, -0.2) is 0 Å². The number of halogens is 2. The van der Waals surface area contributed by atoms with Gasteiger partial charge in [-0.05, 0) is 56.6 Å². The smallest absolute Gasteiger partial charge is 0.0785 e. The van der Waals surface area contributed by atoms with Gasteiger partial charge in [0.05, 0.1) is 7.18 Å². The van der Waals surface area contributed by atoms with Crippen LogP contribution >= 0.6 is 11.6 Å². The minimum absolute atomic E-state index is 0.500. The van der Waals surface area contributed by atoms with Crippen molar-refractivity contribution >= 4 is 11.6 Å². The van der Waals surface area contributed by atoms with E-state index in [0.717, 1.165) is 31.1 Å². The van der Waals surface area contributed by atoms with Crippen LogP contribution in [0.15, 0.2) is 24.3 Å². The summed E-state index contributed by atoms with van der Waals surface area (Å²) in [7, 11) is 0.500. The predicted molar refractivity (Wildman–Crippen MR) is 98.8 cm³/mol. The molecule has 0 amide bonds. The van der Waals surface area contributed by atoms with Crippen molar-refractivity contribution in [3.8, 4) is 0 Å². The molecule has 2 N–H and O–H groups in total. The Morgan fingerprint density at radius 1 is 1.14 bits per heavy atom. The maximum atomic E-state index is 9.50. The lowest BCUT2D eigenvalue weighted by atomic mass is 10.1. The molecular formula is C18H34ClFN2. The highest BCUT2D eigenvalue weighted by atomic mass is 35.5. The molecule has 4 heteroatoms. The van der Waals surface area contributed by atoms with Gasteiger partial charge in [-0.1, -0.05) is 51.4 Å². The van der Waals surface area contributed by atoms with E-state index in [0.29, 0.717) is 13.2 Å². The molecule has 0 heterocycles. The van der Waals surface area contributed by atoms with Crippen molar-refractivity contribution in [1.29, 1.82) is 0 Å². The third kappa shape index (κ3) is 13.1. The molecule has 22 heavy (non-hydrogen) atoms. The van der Waals surface area contributed by atoms with Gasteiger partial charge >= 0.3 is 0 Å². The summed E-state index contributed by atoms with van der Waals surface area (Å²) >= 11 is 5.97. The molecule has 0 spiro atoms. The van der Waals surface area contributed by atoms with Crippen LogP contribution in [0.3, 0.4) is 0 Å². The first-order valence-electron chi connectivity index (χ1n) is 8.32. The Balaban J connectivity index is 0. The predicted octanol–water partition coefficient (Wildman–Crippen LogP) is 4.86. The van der Waals surface area contributed by atoms with Crippen LogP contribution in [0.25, 0.3) is 0 Å². The SMILES string of the molecule is CC.CCNCCC(CC)NCCc1cccc(Cl)c1.CF. The van der Waals surface area contributed by atoms with E-state index in [1.54, 1.807) is 0 Å². The number of nitrogens with one attached hydrogen (secondary N) is 2. The Morgan fingerprint density at radius 2 is 1.82 bits per heavy atom. The van der Waals surface area contributed by atoms with Crippen LogP contribution in [0.1, 0.15) is 46.1 Å². The minimum Gasteiger partial charge on any atom is -0.317 e. The largest absolute Gasteiger partial charge is 0.317 e. The van der Waals surface area contributed by atoms with E-state index in [9.17, 15) is 4.39 Å². The number of rotatable bonds is 9. The maximum absolute atomic E-state index is 9.50. The number of alkyl halides is 1. The van der Waals surface area contributed by atoms with Crippen LogP contribution in [0.4, 0.5) is 4.39 Å². The fourth-order valence-electron chi connectivity index (χ4n) is 2.02. The summed E-state index contributed by atoms with van der Waals surface area (Å²) in [6, 6.07) is 8.73. The van der Waals surface area contributed by atoms with Gasteiger partial charge in [0, 0.05) is 11.1 Å². The Morgan fingerprint density at radius 3 is 2.36 bits per heavy atom. The second kappa shape index (κ2) is 18.4. The van der Waals surface area contributed by atoms with Crippen LogP contribution in [-0.4, -0.2) is 32.9 Å². The van der Waals surface area contributed by atoms with Gasteiger partial charge in [0.15, 0.2) is 0 Å². The van der Waals surface area contributed by atoms with E-state index in [1.807, 2.05) is 32.0 Å². The summed E-state index contributed by atoms with van der Waals surface area (Å²) in [4.78, 5) is 0. The van der Waals surface area contributed by atoms with Crippen molar-refractivity contribution in [3.05, 3.63) is 34.9 Å². The molecule has 0 aliphatic heterocycles. The first-order chi connectivity index (χ1) is 10.8. The highest BCUT2D eigenvalue weighted by molar-refractivity contribution is 6.30. The second-order valence-electron chi connectivity index (χ2n) is 4.58. The van der Waals surface area contributed by atoms with E-state index < -0.39 is 0 Å². The first-order valence-corrected chi connectivity index (χ1v) is 8.70. The third-order valence-corrected chi connectivity index (χ3v) is 3.38. The van der Waals surface area contributed by atoms with Gasteiger partial charge < -0.3 is 10.6 Å². The van der Waals surface area contributed by atoms with Crippen molar-refractivity contribution in [3.63, 3.8) is 0 Å². The molecule has 2 nitrogen and oxygen atoms in total. The van der Waals surface area contributed by atoms with Gasteiger partial charge in [-0.2, -0.15) is 0 Å². The number of benzene rings is 1. The molecule has 0 bridgehead atoms. The lowest BCUT2D eigenvalue weighted by molar-refractivity contribution is 0.458. The fraction of sp³-hybridized carbons (Fsp3) is 0.667. The van der Waals surface area contributed by atoms with E-state index >= 15 is 0 Å². The molecule has 0 saturated carbocycles. The highest BCUT2D eigenvalue weighted by Crippen LogP contribution is 2.10. The van der Waals surface area contributed by atoms with Gasteiger partial charge in [-0.3, -0.25) is 4.39 Å². The zero-order chi connectivity index (χ0) is 17.2. The van der Waals surface area contributed by atoms with E-state index in [2.05, 4.69) is 30.5 Å². The van der Waals surface area contributed by atoms with Gasteiger partial charge in [0.2, 0.25) is 0 Å². The molecule has 1 rings (SSSR count). The molecule has 0 aliphatic rings. The van der Waals surface area contributed by atoms with Crippen molar-refractivity contribution in [1.82, 2.24) is 10.6 Å². The lowest BCUT2D eigenvalue weighted by Crippen LogP contribution is -2.33. The molecule has 1 atom stereocenters. The van der Waals surface area contributed by atoms with Crippen molar-refractivity contribution in [2.75, 3.05) is 26.8 Å². The molecule has 0 saturated heterocycles. The monoisotopic (exact) mass is 332 g/mol. The average Bonchev–Trinajstić information content (AvgIpc) is 2.57. The van der Waals surface area contributed by atoms with Gasteiger partial charge in [0.25, 0.3) is 0 Å². The minimum atomic E-state index is 0.500. The van der Waals surface area contributed by atoms with Crippen molar-refractivity contribution < 1.29 is 4.39 Å². The average molecular weight is 333 g/mol. The summed E-state index contributed by atoms with van der Waals surface area (Å²) in [6.45, 7) is 11.6. The van der Waals surface area contributed by atoms with Crippen LogP contribution < -0.4 is 10.6 Å². The summed E-state index contributed by atoms with van der Waals surface area (Å²) < 4.78 is 9.50. The molecule has 0 aliphatic carbocycles. The topological polar surface area (TPSA) is 24.1 Å². The lowest BCUT2D eigenvalue weighted by Gasteiger charge is -2.17. The van der Waals surface area contributed by atoms with Crippen molar-refractivity contribution in [2.24, 2.45) is 0 Å². The van der Waals surface area contributed by atoms with Crippen LogP contribution in [0.2, 0.25) is 5.02 Å². The van der Waals surface area contributed by atoms with Crippen LogP contribution in [-0.2, 0) is 6.42 Å². The summed E-state index contributed by atoms with van der Waals surface area (Å²) in [5.41, 5.74) is 1.30. The van der Waals surface area contributed by atoms with E-state index in [4.69, 9.17) is 11.6 Å². The van der Waals surface area contributed by atoms with Gasteiger partial charge in [-0.15, -0.1) is 0 Å². The molecular weight excluding hydrogens is 299 g/mol. The van der Waals surface area contributed by atoms with Crippen molar-refractivity contribution in [2.45, 2.75) is 53.0 Å². The molecule has 1 unspecified atom stereocenters. The molecule has 0 aromatic heterocycles. The highest BCUT2D eigenvalue weighted by Gasteiger charge is 2.04. The molecule has 0 fully saturated rings. The van der Waals surface area contributed by atoms with E-state index in [-0.39, 0.29) is 0 Å². The zero-order valence-electron chi connectivity index (χ0n) is 14.9.